The van der Waals surface area contributed by atoms with E-state index in [1.165, 1.54) is 30.6 Å². The van der Waals surface area contributed by atoms with Crippen LogP contribution in [0.2, 0.25) is 0 Å². The molecular formula is C23H20ClF3N4O3S2. The quantitative estimate of drug-likeness (QED) is 0.417. The van der Waals surface area contributed by atoms with Gasteiger partial charge in [0.1, 0.15) is 12.1 Å². The Kier molecular flexibility index (Phi) is 6.70. The topological polar surface area (TPSA) is 84.4 Å². The van der Waals surface area contributed by atoms with E-state index < -0.39 is 21.8 Å². The number of nitrogens with zero attached hydrogens (tertiary/aromatic N) is 3. The summed E-state index contributed by atoms with van der Waals surface area (Å²) in [5.41, 5.74) is 2.08. The molecule has 0 saturated heterocycles. The minimum atomic E-state index is -4.47. The van der Waals surface area contributed by atoms with E-state index in [0.29, 0.717) is 49.4 Å². The fourth-order valence-corrected chi connectivity index (χ4v) is 6.29. The van der Waals surface area contributed by atoms with Gasteiger partial charge in [0.05, 0.1) is 17.1 Å². The van der Waals surface area contributed by atoms with E-state index in [1.54, 1.807) is 10.5 Å². The van der Waals surface area contributed by atoms with Gasteiger partial charge in [0, 0.05) is 42.2 Å². The predicted molar refractivity (Wildman–Crippen MR) is 131 cm³/mol. The van der Waals surface area contributed by atoms with Gasteiger partial charge in [-0.25, -0.2) is 17.8 Å². The van der Waals surface area contributed by atoms with Crippen LogP contribution in [0.25, 0.3) is 5.57 Å². The van der Waals surface area contributed by atoms with E-state index >= 15 is 0 Å². The van der Waals surface area contributed by atoms with Crippen LogP contribution < -0.4 is 9.46 Å². The molecule has 7 nitrogen and oxygen atoms in total. The Bertz CT molecular complexity index is 1410. The van der Waals surface area contributed by atoms with Gasteiger partial charge in [0.15, 0.2) is 0 Å². The third-order valence-corrected chi connectivity index (χ3v) is 8.53. The summed E-state index contributed by atoms with van der Waals surface area (Å²) in [7, 11) is -3.92. The van der Waals surface area contributed by atoms with Crippen molar-refractivity contribution in [3.63, 3.8) is 0 Å². The molecule has 0 amide bonds. The molecule has 0 saturated carbocycles. The van der Waals surface area contributed by atoms with E-state index in [2.05, 4.69) is 14.1 Å². The minimum absolute atomic E-state index is 0.0121. The van der Waals surface area contributed by atoms with Crippen LogP contribution in [0.3, 0.4) is 0 Å². The Morgan fingerprint density at radius 2 is 1.97 bits per heavy atom. The van der Waals surface area contributed by atoms with Crippen molar-refractivity contribution in [2.24, 2.45) is 0 Å². The summed E-state index contributed by atoms with van der Waals surface area (Å²) in [6, 6.07) is 8.36. The molecule has 0 aliphatic carbocycles. The molecule has 1 unspecified atom stereocenters. The Balaban J connectivity index is 1.54. The third-order valence-electron chi connectivity index (χ3n) is 6.18. The van der Waals surface area contributed by atoms with Gasteiger partial charge in [-0.15, -0.1) is 0 Å². The van der Waals surface area contributed by atoms with Crippen LogP contribution in [0.5, 0.6) is 5.75 Å². The molecule has 3 heterocycles. The van der Waals surface area contributed by atoms with Crippen LogP contribution in [0.1, 0.15) is 41.0 Å². The monoisotopic (exact) mass is 556 g/mol. The van der Waals surface area contributed by atoms with Crippen LogP contribution in [0, 0.1) is 0 Å². The highest BCUT2D eigenvalue weighted by molar-refractivity contribution is 7.93. The van der Waals surface area contributed by atoms with Crippen LogP contribution in [0.4, 0.5) is 18.3 Å². The summed E-state index contributed by atoms with van der Waals surface area (Å²) in [5.74, 6) is 0.107. The molecule has 190 valence electrons. The van der Waals surface area contributed by atoms with E-state index in [-0.39, 0.29) is 15.9 Å². The summed E-state index contributed by atoms with van der Waals surface area (Å²) < 4.78 is 79.8. The van der Waals surface area contributed by atoms with Crippen LogP contribution >= 0.6 is 23.3 Å². The number of sulfonamides is 1. The number of benzene rings is 2. The largest absolute Gasteiger partial charge is 0.493 e. The van der Waals surface area contributed by atoms with Crippen molar-refractivity contribution in [1.29, 1.82) is 0 Å². The van der Waals surface area contributed by atoms with Crippen LogP contribution in [-0.2, 0) is 16.2 Å². The second-order valence-corrected chi connectivity index (χ2v) is 11.3. The molecule has 2 aromatic carbocycles. The molecule has 3 aromatic rings. The van der Waals surface area contributed by atoms with Gasteiger partial charge in [0.2, 0.25) is 5.13 Å². The fraction of sp³-hybridized carbons (Fsp3) is 0.304. The maximum atomic E-state index is 13.6. The van der Waals surface area contributed by atoms with Crippen molar-refractivity contribution in [2.45, 2.75) is 29.8 Å². The van der Waals surface area contributed by atoms with Crippen molar-refractivity contribution >= 4 is 44.0 Å². The molecule has 36 heavy (non-hydrogen) atoms. The highest BCUT2D eigenvalue weighted by Crippen LogP contribution is 2.44. The number of fused-ring (bicyclic) bond motifs is 1. The molecule has 1 aromatic heterocycles. The molecule has 13 heteroatoms. The summed E-state index contributed by atoms with van der Waals surface area (Å²) in [6.45, 7) is 1.25. The summed E-state index contributed by atoms with van der Waals surface area (Å²) in [6.07, 6.45) is -0.322. The van der Waals surface area contributed by atoms with Crippen LogP contribution in [-0.4, -0.2) is 41.9 Å². The first kappa shape index (κ1) is 25.0. The maximum absolute atomic E-state index is 13.6. The van der Waals surface area contributed by atoms with Gasteiger partial charge in [0.25, 0.3) is 10.0 Å². The van der Waals surface area contributed by atoms with Gasteiger partial charge >= 0.3 is 6.18 Å². The lowest BCUT2D eigenvalue weighted by atomic mass is 9.81. The summed E-state index contributed by atoms with van der Waals surface area (Å²) >= 11 is 6.97. The third kappa shape index (κ3) is 5.08. The first-order chi connectivity index (χ1) is 17.1. The molecule has 0 bridgehead atoms. The minimum Gasteiger partial charge on any atom is -0.493 e. The zero-order chi connectivity index (χ0) is 25.5. The number of hydrogen-bond acceptors (Lipinski definition) is 7. The summed E-state index contributed by atoms with van der Waals surface area (Å²) in [4.78, 5) is 3.83. The van der Waals surface area contributed by atoms with Gasteiger partial charge in [-0.1, -0.05) is 18.2 Å². The molecule has 0 radical (unpaired) electrons. The predicted octanol–water partition coefficient (Wildman–Crippen LogP) is 5.52. The lowest BCUT2D eigenvalue weighted by Crippen LogP contribution is -2.21. The van der Waals surface area contributed by atoms with E-state index in [1.807, 2.05) is 6.08 Å². The van der Waals surface area contributed by atoms with Gasteiger partial charge in [-0.05, 0) is 59.5 Å². The van der Waals surface area contributed by atoms with E-state index in [9.17, 15) is 21.6 Å². The zero-order valence-corrected chi connectivity index (χ0v) is 21.0. The van der Waals surface area contributed by atoms with Crippen LogP contribution in [0.15, 0.2) is 53.7 Å². The standard InChI is InChI=1S/C23H20ClF3N4O3S2/c24-31-8-5-14(6-9-31)20-11-15(23(25,26)27)1-3-17(20)18-7-10-34-21-12-16(2-4-19(18)21)36(32,33)30-22-28-13-29-35-22/h1-5,11-13,18H,6-10H2,(H,28,29,30). The highest BCUT2D eigenvalue weighted by atomic mass is 35.5. The van der Waals surface area contributed by atoms with Crippen molar-refractivity contribution in [3.05, 3.63) is 71.1 Å². The molecule has 1 N–H and O–H groups in total. The molecule has 0 fully saturated rings. The number of anilines is 1. The normalized spacial score (nSPS) is 18.8. The highest BCUT2D eigenvalue weighted by Gasteiger charge is 2.34. The fourth-order valence-electron chi connectivity index (χ4n) is 4.46. The number of alkyl halides is 3. The Labute approximate surface area is 214 Å². The van der Waals surface area contributed by atoms with E-state index in [0.717, 1.165) is 28.7 Å². The van der Waals surface area contributed by atoms with Gasteiger partial charge in [-0.3, -0.25) is 4.72 Å². The SMILES string of the molecule is O=S(=O)(Nc1ncns1)c1ccc2c(c1)OCCC2c1ccc(C(F)(F)F)cc1C1=CCN(Cl)CC1. The number of ether oxygens (including phenoxy) is 1. The van der Waals surface area contributed by atoms with Gasteiger partial charge in [-0.2, -0.15) is 17.5 Å². The Morgan fingerprint density at radius 3 is 2.67 bits per heavy atom. The average Bonchev–Trinajstić information content (AvgIpc) is 3.35. The molecule has 2 aliphatic rings. The first-order valence-electron chi connectivity index (χ1n) is 11.0. The second-order valence-electron chi connectivity index (χ2n) is 8.39. The molecule has 2 aliphatic heterocycles. The lowest BCUT2D eigenvalue weighted by Gasteiger charge is -2.30. The van der Waals surface area contributed by atoms with Crippen molar-refractivity contribution in [2.75, 3.05) is 24.4 Å². The number of nitrogens with one attached hydrogen (secondary N) is 1. The van der Waals surface area contributed by atoms with Crippen molar-refractivity contribution < 1.29 is 26.3 Å². The second kappa shape index (κ2) is 9.66. The van der Waals surface area contributed by atoms with Crippen molar-refractivity contribution in [1.82, 2.24) is 13.8 Å². The lowest BCUT2D eigenvalue weighted by molar-refractivity contribution is -0.137. The number of hydrogen-bond donors (Lipinski definition) is 1. The molecule has 1 atom stereocenters. The summed E-state index contributed by atoms with van der Waals surface area (Å²) in [5, 5.41) is 0.136. The number of halogens is 4. The Hall–Kier alpha value is -2.67. The maximum Gasteiger partial charge on any atom is 0.416 e. The average molecular weight is 557 g/mol. The number of rotatable bonds is 5. The molecule has 0 spiro atoms. The number of aromatic nitrogens is 2. The Morgan fingerprint density at radius 1 is 1.17 bits per heavy atom. The van der Waals surface area contributed by atoms with Crippen molar-refractivity contribution in [3.8, 4) is 5.75 Å². The first-order valence-corrected chi connectivity index (χ1v) is 13.6. The molecular weight excluding hydrogens is 537 g/mol. The smallest absolute Gasteiger partial charge is 0.416 e. The van der Waals surface area contributed by atoms with Gasteiger partial charge < -0.3 is 4.74 Å². The van der Waals surface area contributed by atoms with E-state index in [4.69, 9.17) is 16.5 Å². The zero-order valence-electron chi connectivity index (χ0n) is 18.6. The molecule has 5 rings (SSSR count).